The van der Waals surface area contributed by atoms with Gasteiger partial charge in [-0.05, 0) is 64.7 Å². The van der Waals surface area contributed by atoms with Crippen molar-refractivity contribution in [3.05, 3.63) is 76.5 Å². The van der Waals surface area contributed by atoms with Gasteiger partial charge in [0.15, 0.2) is 5.65 Å². The molecular formula is C28H25BrF3N5O4S. The monoisotopic (exact) mass is 663 g/mol. The summed E-state index contributed by atoms with van der Waals surface area (Å²) >= 11 is 3.59. The number of hydrogen-bond donors (Lipinski definition) is 2. The number of carbonyl (C=O) groups is 1. The molecule has 42 heavy (non-hydrogen) atoms. The van der Waals surface area contributed by atoms with E-state index in [1.165, 1.54) is 30.7 Å². The maximum atomic E-state index is 13.3. The molecule has 2 N–H and O–H groups in total. The first kappa shape index (κ1) is 29.6. The number of fused-ring (bicyclic) bond motifs is 2. The zero-order valence-corrected chi connectivity index (χ0v) is 24.8. The van der Waals surface area contributed by atoms with Crippen LogP contribution in [0.2, 0.25) is 0 Å². The first-order valence-corrected chi connectivity index (χ1v) is 15.2. The Morgan fingerprint density at radius 1 is 1.05 bits per heavy atom. The Bertz CT molecular complexity index is 1870. The number of imidazole rings is 1. The first-order chi connectivity index (χ1) is 20.0. The van der Waals surface area contributed by atoms with Crippen molar-refractivity contribution < 1.29 is 30.8 Å². The molecule has 0 bridgehead atoms. The van der Waals surface area contributed by atoms with Gasteiger partial charge in [0.25, 0.3) is 5.91 Å². The van der Waals surface area contributed by atoms with E-state index in [0.29, 0.717) is 51.1 Å². The number of pyridine rings is 1. The molecule has 1 aliphatic carbocycles. The van der Waals surface area contributed by atoms with Gasteiger partial charge in [-0.2, -0.15) is 21.6 Å². The predicted octanol–water partition coefficient (Wildman–Crippen LogP) is 6.57. The number of carbonyl (C=O) groups excluding carboxylic acids is 1. The van der Waals surface area contributed by atoms with Crippen molar-refractivity contribution in [2.24, 2.45) is 0 Å². The van der Waals surface area contributed by atoms with Crippen molar-refractivity contribution in [1.29, 1.82) is 0 Å². The summed E-state index contributed by atoms with van der Waals surface area (Å²) in [6.07, 6.45) is 4.34. The van der Waals surface area contributed by atoms with E-state index >= 15 is 0 Å². The van der Waals surface area contributed by atoms with E-state index in [4.69, 9.17) is 9.40 Å². The number of nitrogens with zero attached hydrogens (tertiary/aromatic N) is 3. The van der Waals surface area contributed by atoms with Gasteiger partial charge in [-0.15, -0.1) is 0 Å². The van der Waals surface area contributed by atoms with Gasteiger partial charge in [-0.1, -0.05) is 25.1 Å². The standard InChI is InChI=1S/C28H25BrF3N5O4S/c1-3-7-23-34-21-10-11-22(27(38)33-4-2)35-26(21)37(23)14-18-16-12-13-41-15-19(16)25(29)24(18)17-8-5-6-9-20(17)36-42(39,40)28(30,31)32/h5-6,8-13,15,36H,3-4,7,14H2,1-2H3,(H,33,38). The summed E-state index contributed by atoms with van der Waals surface area (Å²) < 4.78 is 73.6. The fraction of sp³-hybridized carbons (Fsp3) is 0.250. The van der Waals surface area contributed by atoms with Crippen molar-refractivity contribution in [3.63, 3.8) is 0 Å². The fourth-order valence-electron chi connectivity index (χ4n) is 4.81. The van der Waals surface area contributed by atoms with E-state index in [2.05, 4.69) is 26.2 Å². The Labute approximate surface area is 247 Å². The van der Waals surface area contributed by atoms with Crippen LogP contribution in [0.3, 0.4) is 0 Å². The number of hydrogen-bond acceptors (Lipinski definition) is 6. The molecule has 0 spiro atoms. The second-order valence-electron chi connectivity index (χ2n) is 9.41. The molecule has 0 saturated carbocycles. The summed E-state index contributed by atoms with van der Waals surface area (Å²) in [6.45, 7) is 4.40. The molecule has 3 aromatic rings. The molecule has 1 aliphatic heterocycles. The normalized spacial score (nSPS) is 12.2. The second-order valence-corrected chi connectivity index (χ2v) is 11.9. The van der Waals surface area contributed by atoms with Crippen LogP contribution >= 0.6 is 15.9 Å². The molecular weight excluding hydrogens is 639 g/mol. The largest absolute Gasteiger partial charge is 0.516 e. The molecule has 0 saturated heterocycles. The molecule has 0 fully saturated rings. The van der Waals surface area contributed by atoms with E-state index in [0.717, 1.165) is 12.0 Å². The summed E-state index contributed by atoms with van der Waals surface area (Å²) in [4.78, 5) is 21.9. The summed E-state index contributed by atoms with van der Waals surface area (Å²) in [7, 11) is -5.69. The minimum Gasteiger partial charge on any atom is -0.472 e. The van der Waals surface area contributed by atoms with Crippen LogP contribution in [0.25, 0.3) is 33.4 Å². The lowest BCUT2D eigenvalue weighted by molar-refractivity contribution is -0.0429. The molecule has 14 heteroatoms. The lowest BCUT2D eigenvalue weighted by Crippen LogP contribution is -2.30. The number of alkyl halides is 3. The lowest BCUT2D eigenvalue weighted by atomic mass is 10.0. The third-order valence-corrected chi connectivity index (χ3v) is 8.57. The van der Waals surface area contributed by atoms with Gasteiger partial charge in [0.2, 0.25) is 0 Å². The summed E-state index contributed by atoms with van der Waals surface area (Å²) in [5.41, 5.74) is -1.78. The van der Waals surface area contributed by atoms with E-state index in [1.54, 1.807) is 35.9 Å². The molecule has 1 amide bonds. The number of rotatable bonds is 9. The molecule has 2 aliphatic rings. The highest BCUT2D eigenvalue weighted by atomic mass is 79.9. The number of sulfonamides is 1. The minimum absolute atomic E-state index is 0.166. The highest BCUT2D eigenvalue weighted by Crippen LogP contribution is 2.48. The molecule has 2 aromatic heterocycles. The maximum absolute atomic E-state index is 13.3. The minimum atomic E-state index is -5.69. The van der Waals surface area contributed by atoms with E-state index in [9.17, 15) is 26.4 Å². The van der Waals surface area contributed by atoms with Gasteiger partial charge in [-0.3, -0.25) is 9.52 Å². The van der Waals surface area contributed by atoms with Crippen LogP contribution in [0.1, 0.15) is 42.1 Å². The Hall–Kier alpha value is -3.91. The van der Waals surface area contributed by atoms with Gasteiger partial charge < -0.3 is 14.3 Å². The molecule has 0 radical (unpaired) electrons. The van der Waals surface area contributed by atoms with Crippen molar-refractivity contribution in [1.82, 2.24) is 19.9 Å². The number of nitrogens with one attached hydrogen (secondary N) is 2. The number of aromatic nitrogens is 3. The van der Waals surface area contributed by atoms with Gasteiger partial charge in [-0.25, -0.2) is 9.97 Å². The third-order valence-electron chi connectivity index (χ3n) is 6.65. The Morgan fingerprint density at radius 3 is 2.52 bits per heavy atom. The number of amides is 1. The molecule has 9 nitrogen and oxygen atoms in total. The van der Waals surface area contributed by atoms with Gasteiger partial charge in [0.05, 0.1) is 24.8 Å². The second kappa shape index (κ2) is 11.4. The number of benzene rings is 1. The quantitative estimate of drug-likeness (QED) is 0.184. The van der Waals surface area contributed by atoms with Crippen LogP contribution in [0.4, 0.5) is 18.9 Å². The number of halogens is 4. The van der Waals surface area contributed by atoms with Crippen molar-refractivity contribution in [2.45, 2.75) is 38.7 Å². The van der Waals surface area contributed by atoms with Crippen LogP contribution in [-0.2, 0) is 23.0 Å². The first-order valence-electron chi connectivity index (χ1n) is 13.0. The Kier molecular flexibility index (Phi) is 8.03. The van der Waals surface area contributed by atoms with E-state index < -0.39 is 15.5 Å². The number of anilines is 1. The molecule has 1 aromatic carbocycles. The fourth-order valence-corrected chi connectivity index (χ4v) is 6.15. The lowest BCUT2D eigenvalue weighted by Gasteiger charge is -2.16. The van der Waals surface area contributed by atoms with Crippen LogP contribution in [0.5, 0.6) is 0 Å². The molecule has 0 atom stereocenters. The van der Waals surface area contributed by atoms with E-state index in [-0.39, 0.29) is 29.4 Å². The third kappa shape index (κ3) is 5.36. The van der Waals surface area contributed by atoms with Gasteiger partial charge in [0, 0.05) is 34.1 Å². The Morgan fingerprint density at radius 2 is 1.81 bits per heavy atom. The van der Waals surface area contributed by atoms with Crippen molar-refractivity contribution in [3.8, 4) is 22.3 Å². The van der Waals surface area contributed by atoms with Crippen LogP contribution in [0.15, 0.2) is 63.9 Å². The zero-order valence-electron chi connectivity index (χ0n) is 22.4. The average Bonchev–Trinajstić information content (AvgIpc) is 3.42. The molecule has 220 valence electrons. The maximum Gasteiger partial charge on any atom is 0.516 e. The topological polar surface area (TPSA) is 119 Å². The Balaban J connectivity index is 1.73. The van der Waals surface area contributed by atoms with E-state index in [1.807, 2.05) is 11.5 Å². The molecule has 5 rings (SSSR count). The van der Waals surface area contributed by atoms with Gasteiger partial charge >= 0.3 is 15.5 Å². The predicted molar refractivity (Wildman–Crippen MR) is 156 cm³/mol. The van der Waals surface area contributed by atoms with Crippen molar-refractivity contribution in [2.75, 3.05) is 11.3 Å². The zero-order chi connectivity index (χ0) is 30.2. The highest BCUT2D eigenvalue weighted by molar-refractivity contribution is 9.10. The van der Waals surface area contributed by atoms with Crippen LogP contribution in [-0.4, -0.2) is 40.9 Å². The smallest absolute Gasteiger partial charge is 0.472 e. The van der Waals surface area contributed by atoms with Crippen LogP contribution < -0.4 is 10.0 Å². The number of para-hydroxylation sites is 1. The van der Waals surface area contributed by atoms with Crippen LogP contribution in [0, 0.1) is 0 Å². The SMILES string of the molecule is CCCc1nc2ccc(C(=O)NCC)nc2n1Cc1c2ccocc-2c(Br)c1-c1ccccc1NS(=O)(=O)C(F)(F)F. The summed E-state index contributed by atoms with van der Waals surface area (Å²) in [5.74, 6) is 0.370. The molecule has 0 unspecified atom stereocenters. The van der Waals surface area contributed by atoms with Gasteiger partial charge in [0.1, 0.15) is 17.0 Å². The highest BCUT2D eigenvalue weighted by Gasteiger charge is 2.46. The van der Waals surface area contributed by atoms with Crippen molar-refractivity contribution >= 4 is 48.7 Å². The summed E-state index contributed by atoms with van der Waals surface area (Å²) in [6, 6.07) is 10.9. The number of aryl methyl sites for hydroxylation is 1. The average molecular weight is 665 g/mol. The molecule has 3 heterocycles. The summed E-state index contributed by atoms with van der Waals surface area (Å²) in [5, 5.41) is 2.74.